The zero-order valence-electron chi connectivity index (χ0n) is 12.1. The molecular formula is C16H18BrN3O. The van der Waals surface area contributed by atoms with Gasteiger partial charge in [-0.15, -0.1) is 0 Å². The molecule has 0 aliphatic heterocycles. The number of aromatic nitrogens is 1. The summed E-state index contributed by atoms with van der Waals surface area (Å²) in [6, 6.07) is 9.32. The summed E-state index contributed by atoms with van der Waals surface area (Å²) in [5, 5.41) is 6.09. The van der Waals surface area contributed by atoms with Crippen molar-refractivity contribution in [3.63, 3.8) is 0 Å². The first-order chi connectivity index (χ1) is 10.1. The van der Waals surface area contributed by atoms with Gasteiger partial charge in [0.05, 0.1) is 17.6 Å². The summed E-state index contributed by atoms with van der Waals surface area (Å²) in [6.45, 7) is 4.97. The third-order valence-corrected chi connectivity index (χ3v) is 4.07. The summed E-state index contributed by atoms with van der Waals surface area (Å²) in [6.07, 6.45) is 2.72. The lowest BCUT2D eigenvalue weighted by molar-refractivity contribution is 0.102. The Labute approximate surface area is 133 Å². The average molecular weight is 348 g/mol. The molecule has 2 N–H and O–H groups in total. The van der Waals surface area contributed by atoms with Gasteiger partial charge in [-0.05, 0) is 53.0 Å². The Hall–Kier alpha value is -1.88. The van der Waals surface area contributed by atoms with E-state index in [9.17, 15) is 4.79 Å². The van der Waals surface area contributed by atoms with Crippen molar-refractivity contribution in [3.05, 3.63) is 52.3 Å². The van der Waals surface area contributed by atoms with E-state index in [1.807, 2.05) is 31.2 Å². The van der Waals surface area contributed by atoms with Crippen LogP contribution >= 0.6 is 15.9 Å². The van der Waals surface area contributed by atoms with Crippen LogP contribution in [0.3, 0.4) is 0 Å². The molecule has 1 heterocycles. The van der Waals surface area contributed by atoms with Gasteiger partial charge in [-0.3, -0.25) is 4.79 Å². The Balaban J connectivity index is 2.08. The number of amides is 1. The molecule has 2 aromatic rings. The summed E-state index contributed by atoms with van der Waals surface area (Å²) < 4.78 is 0.889. The molecule has 1 amide bonds. The van der Waals surface area contributed by atoms with Crippen LogP contribution < -0.4 is 10.6 Å². The van der Waals surface area contributed by atoms with E-state index in [0.29, 0.717) is 5.69 Å². The minimum atomic E-state index is -0.219. The molecule has 110 valence electrons. The summed E-state index contributed by atoms with van der Waals surface area (Å²) >= 11 is 3.48. The molecule has 0 spiro atoms. The average Bonchev–Trinajstić information content (AvgIpc) is 2.50. The number of carbonyl (C=O) groups is 1. The lowest BCUT2D eigenvalue weighted by atomic mass is 10.2. The maximum atomic E-state index is 12.2. The molecule has 0 saturated carbocycles. The van der Waals surface area contributed by atoms with E-state index in [-0.39, 0.29) is 5.91 Å². The molecule has 0 bridgehead atoms. The Bertz CT molecular complexity index is 626. The third kappa shape index (κ3) is 4.04. The van der Waals surface area contributed by atoms with Gasteiger partial charge in [0.25, 0.3) is 5.91 Å². The first kappa shape index (κ1) is 15.5. The molecule has 2 rings (SSSR count). The summed E-state index contributed by atoms with van der Waals surface area (Å²) in [5.41, 5.74) is 3.13. The lowest BCUT2D eigenvalue weighted by Crippen LogP contribution is -2.14. The van der Waals surface area contributed by atoms with Crippen LogP contribution in [0, 0.1) is 6.92 Å². The van der Waals surface area contributed by atoms with E-state index in [2.05, 4.69) is 38.5 Å². The van der Waals surface area contributed by atoms with Crippen molar-refractivity contribution in [1.29, 1.82) is 0 Å². The van der Waals surface area contributed by atoms with Gasteiger partial charge in [0.2, 0.25) is 0 Å². The van der Waals surface area contributed by atoms with Crippen LogP contribution in [0.1, 0.15) is 29.4 Å². The molecule has 0 fully saturated rings. The van der Waals surface area contributed by atoms with Crippen LogP contribution in [-0.2, 0) is 0 Å². The number of anilines is 2. The second kappa shape index (κ2) is 7.22. The van der Waals surface area contributed by atoms with E-state index in [1.165, 1.54) is 0 Å². The first-order valence-corrected chi connectivity index (χ1v) is 7.67. The van der Waals surface area contributed by atoms with Crippen LogP contribution in [0.4, 0.5) is 11.4 Å². The normalized spacial score (nSPS) is 10.2. The molecule has 1 aromatic heterocycles. The van der Waals surface area contributed by atoms with E-state index in [1.54, 1.807) is 12.3 Å². The predicted molar refractivity (Wildman–Crippen MR) is 89.8 cm³/mol. The van der Waals surface area contributed by atoms with Gasteiger partial charge < -0.3 is 10.6 Å². The Morgan fingerprint density at radius 1 is 1.29 bits per heavy atom. The second-order valence-electron chi connectivity index (χ2n) is 4.75. The fourth-order valence-corrected chi connectivity index (χ4v) is 2.20. The number of nitrogens with zero attached hydrogens (tertiary/aromatic N) is 1. The third-order valence-electron chi connectivity index (χ3n) is 3.02. The smallest absolute Gasteiger partial charge is 0.274 e. The van der Waals surface area contributed by atoms with Crippen LogP contribution in [0.25, 0.3) is 0 Å². The predicted octanol–water partition coefficient (Wildman–Crippen LogP) is 4.23. The molecule has 0 aliphatic carbocycles. The van der Waals surface area contributed by atoms with E-state index < -0.39 is 0 Å². The summed E-state index contributed by atoms with van der Waals surface area (Å²) in [5.74, 6) is -0.219. The van der Waals surface area contributed by atoms with Crippen LogP contribution in [0.2, 0.25) is 0 Å². The number of pyridine rings is 1. The van der Waals surface area contributed by atoms with E-state index in [0.717, 1.165) is 34.4 Å². The summed E-state index contributed by atoms with van der Waals surface area (Å²) in [7, 11) is 0. The SMILES string of the molecule is CCCNc1ccc(C(=O)Nc2cccc(C)c2Br)nc1. The van der Waals surface area contributed by atoms with Gasteiger partial charge in [0.15, 0.2) is 0 Å². The van der Waals surface area contributed by atoms with E-state index >= 15 is 0 Å². The number of nitrogens with one attached hydrogen (secondary N) is 2. The monoisotopic (exact) mass is 347 g/mol. The topological polar surface area (TPSA) is 54.0 Å². The zero-order chi connectivity index (χ0) is 15.2. The zero-order valence-corrected chi connectivity index (χ0v) is 13.7. The van der Waals surface area contributed by atoms with Crippen LogP contribution in [-0.4, -0.2) is 17.4 Å². The van der Waals surface area contributed by atoms with Gasteiger partial charge >= 0.3 is 0 Å². The van der Waals surface area contributed by atoms with Gasteiger partial charge in [-0.1, -0.05) is 19.1 Å². The number of hydrogen-bond donors (Lipinski definition) is 2. The molecule has 21 heavy (non-hydrogen) atoms. The molecule has 4 nitrogen and oxygen atoms in total. The van der Waals surface area contributed by atoms with Gasteiger partial charge in [-0.2, -0.15) is 0 Å². The standard InChI is InChI=1S/C16H18BrN3O/c1-3-9-18-12-7-8-14(19-10-12)16(21)20-13-6-4-5-11(2)15(13)17/h4-8,10,18H,3,9H2,1-2H3,(H,20,21). The highest BCUT2D eigenvalue weighted by atomic mass is 79.9. The van der Waals surface area contributed by atoms with Gasteiger partial charge in [0.1, 0.15) is 5.69 Å². The van der Waals surface area contributed by atoms with Crippen LogP contribution in [0.15, 0.2) is 41.0 Å². The highest BCUT2D eigenvalue weighted by molar-refractivity contribution is 9.10. The highest BCUT2D eigenvalue weighted by Gasteiger charge is 2.10. The summed E-state index contributed by atoms with van der Waals surface area (Å²) in [4.78, 5) is 16.4. The van der Waals surface area contributed by atoms with Crippen molar-refractivity contribution in [2.45, 2.75) is 20.3 Å². The molecule has 5 heteroatoms. The lowest BCUT2D eigenvalue weighted by Gasteiger charge is -2.09. The molecule has 0 aliphatic rings. The number of carbonyl (C=O) groups excluding carboxylic acids is 1. The van der Waals surface area contributed by atoms with Crippen molar-refractivity contribution >= 4 is 33.2 Å². The maximum absolute atomic E-state index is 12.2. The fraction of sp³-hybridized carbons (Fsp3) is 0.250. The molecule has 0 unspecified atom stereocenters. The molecule has 1 aromatic carbocycles. The van der Waals surface area contributed by atoms with Crippen molar-refractivity contribution in [2.24, 2.45) is 0 Å². The minimum absolute atomic E-state index is 0.219. The highest BCUT2D eigenvalue weighted by Crippen LogP contribution is 2.26. The number of aryl methyl sites for hydroxylation is 1. The minimum Gasteiger partial charge on any atom is -0.384 e. The second-order valence-corrected chi connectivity index (χ2v) is 5.54. The van der Waals surface area contributed by atoms with Crippen molar-refractivity contribution in [1.82, 2.24) is 4.98 Å². The van der Waals surface area contributed by atoms with Crippen molar-refractivity contribution < 1.29 is 4.79 Å². The Kier molecular flexibility index (Phi) is 5.33. The van der Waals surface area contributed by atoms with Gasteiger partial charge in [0, 0.05) is 11.0 Å². The Morgan fingerprint density at radius 3 is 2.76 bits per heavy atom. The number of halogens is 1. The van der Waals surface area contributed by atoms with Crippen LogP contribution in [0.5, 0.6) is 0 Å². The number of rotatable bonds is 5. The Morgan fingerprint density at radius 2 is 2.10 bits per heavy atom. The van der Waals surface area contributed by atoms with Crippen molar-refractivity contribution in [3.8, 4) is 0 Å². The molecule has 0 radical (unpaired) electrons. The van der Waals surface area contributed by atoms with Crippen molar-refractivity contribution in [2.75, 3.05) is 17.2 Å². The largest absolute Gasteiger partial charge is 0.384 e. The van der Waals surface area contributed by atoms with E-state index in [4.69, 9.17) is 0 Å². The molecule has 0 saturated heterocycles. The molecular weight excluding hydrogens is 330 g/mol. The first-order valence-electron chi connectivity index (χ1n) is 6.88. The maximum Gasteiger partial charge on any atom is 0.274 e. The van der Waals surface area contributed by atoms with Gasteiger partial charge in [-0.25, -0.2) is 4.98 Å². The number of hydrogen-bond acceptors (Lipinski definition) is 3. The molecule has 0 atom stereocenters. The quantitative estimate of drug-likeness (QED) is 0.850. The fourth-order valence-electron chi connectivity index (χ4n) is 1.83. The number of benzene rings is 1.